The van der Waals surface area contributed by atoms with Crippen molar-refractivity contribution < 1.29 is 9.59 Å². The SMILES string of the molecule is O=C(CC1CCCC(=O)N1)NCc1nnc(C2CC2)n1C1CC1. The fourth-order valence-electron chi connectivity index (χ4n) is 3.32. The van der Waals surface area contributed by atoms with Crippen LogP contribution in [0.2, 0.25) is 0 Å². The van der Waals surface area contributed by atoms with Crippen LogP contribution in [0.4, 0.5) is 0 Å². The highest BCUT2D eigenvalue weighted by atomic mass is 16.2. The number of hydrogen-bond donors (Lipinski definition) is 2. The Balaban J connectivity index is 1.33. The van der Waals surface area contributed by atoms with Crippen molar-refractivity contribution in [3.8, 4) is 0 Å². The lowest BCUT2D eigenvalue weighted by atomic mass is 10.0. The second-order valence-electron chi connectivity index (χ2n) is 6.99. The van der Waals surface area contributed by atoms with Gasteiger partial charge in [0.15, 0.2) is 5.82 Å². The summed E-state index contributed by atoms with van der Waals surface area (Å²) in [5.41, 5.74) is 0. The van der Waals surface area contributed by atoms with Crippen LogP contribution in [-0.4, -0.2) is 32.6 Å². The predicted molar refractivity (Wildman–Crippen MR) is 82.5 cm³/mol. The number of nitrogens with one attached hydrogen (secondary N) is 2. The minimum absolute atomic E-state index is 0.0282. The lowest BCUT2D eigenvalue weighted by molar-refractivity contribution is -0.125. The Kier molecular flexibility index (Phi) is 3.79. The molecule has 0 spiro atoms. The molecule has 4 rings (SSSR count). The van der Waals surface area contributed by atoms with Crippen molar-refractivity contribution in [3.05, 3.63) is 11.6 Å². The molecule has 0 radical (unpaired) electrons. The molecule has 7 nitrogen and oxygen atoms in total. The van der Waals surface area contributed by atoms with Gasteiger partial charge < -0.3 is 15.2 Å². The minimum Gasteiger partial charge on any atom is -0.353 e. The summed E-state index contributed by atoms with van der Waals surface area (Å²) in [6.45, 7) is 0.426. The molecule has 1 saturated heterocycles. The summed E-state index contributed by atoms with van der Waals surface area (Å²) in [7, 11) is 0. The molecule has 1 aliphatic heterocycles. The van der Waals surface area contributed by atoms with Gasteiger partial charge in [0.1, 0.15) is 5.82 Å². The molecule has 7 heteroatoms. The highest BCUT2D eigenvalue weighted by molar-refractivity contribution is 5.80. The Labute approximate surface area is 135 Å². The first-order valence-electron chi connectivity index (χ1n) is 8.70. The quantitative estimate of drug-likeness (QED) is 0.824. The van der Waals surface area contributed by atoms with Crippen molar-refractivity contribution in [2.24, 2.45) is 0 Å². The van der Waals surface area contributed by atoms with Crippen LogP contribution in [0.15, 0.2) is 0 Å². The van der Waals surface area contributed by atoms with Gasteiger partial charge in [0, 0.05) is 30.8 Å². The number of nitrogens with zero attached hydrogens (tertiary/aromatic N) is 3. The molecular weight excluding hydrogens is 294 g/mol. The van der Waals surface area contributed by atoms with Crippen LogP contribution in [0.1, 0.15) is 75.0 Å². The first-order valence-corrected chi connectivity index (χ1v) is 8.70. The van der Waals surface area contributed by atoms with Crippen LogP contribution in [0.25, 0.3) is 0 Å². The molecule has 2 saturated carbocycles. The lowest BCUT2D eigenvalue weighted by Gasteiger charge is -2.22. The third-order valence-electron chi connectivity index (χ3n) is 4.84. The minimum atomic E-state index is -0.0319. The molecule has 2 N–H and O–H groups in total. The van der Waals surface area contributed by atoms with Crippen molar-refractivity contribution in [1.29, 1.82) is 0 Å². The summed E-state index contributed by atoms with van der Waals surface area (Å²) in [4.78, 5) is 23.5. The third kappa shape index (κ3) is 3.38. The summed E-state index contributed by atoms with van der Waals surface area (Å²) in [6, 6.07) is 0.504. The van der Waals surface area contributed by atoms with E-state index in [0.717, 1.165) is 24.5 Å². The molecule has 23 heavy (non-hydrogen) atoms. The fraction of sp³-hybridized carbons (Fsp3) is 0.750. The first-order chi connectivity index (χ1) is 11.2. The zero-order valence-electron chi connectivity index (χ0n) is 13.3. The normalized spacial score (nSPS) is 24.3. The standard InChI is InChI=1S/C16H23N5O2/c22-14-3-1-2-11(18-14)8-15(23)17-9-13-19-20-16(10-4-5-10)21(13)12-6-7-12/h10-12H,1-9H2,(H,17,23)(H,18,22). The number of carbonyl (C=O) groups excluding carboxylic acids is 2. The van der Waals surface area contributed by atoms with Gasteiger partial charge in [-0.15, -0.1) is 10.2 Å². The summed E-state index contributed by atoms with van der Waals surface area (Å²) in [5, 5.41) is 14.5. The van der Waals surface area contributed by atoms with E-state index in [4.69, 9.17) is 0 Å². The highest BCUT2D eigenvalue weighted by Crippen LogP contribution is 2.44. The van der Waals surface area contributed by atoms with Crippen LogP contribution in [0, 0.1) is 0 Å². The Morgan fingerprint density at radius 2 is 2.04 bits per heavy atom. The highest BCUT2D eigenvalue weighted by Gasteiger charge is 2.36. The maximum absolute atomic E-state index is 12.1. The largest absolute Gasteiger partial charge is 0.353 e. The van der Waals surface area contributed by atoms with E-state index in [2.05, 4.69) is 25.4 Å². The van der Waals surface area contributed by atoms with Crippen molar-refractivity contribution in [2.75, 3.05) is 0 Å². The number of hydrogen-bond acceptors (Lipinski definition) is 4. The van der Waals surface area contributed by atoms with Crippen LogP contribution in [-0.2, 0) is 16.1 Å². The van der Waals surface area contributed by atoms with E-state index in [-0.39, 0.29) is 17.9 Å². The molecule has 2 amide bonds. The number of piperidine rings is 1. The molecule has 0 bridgehead atoms. The van der Waals surface area contributed by atoms with Gasteiger partial charge in [-0.05, 0) is 38.5 Å². The number of carbonyl (C=O) groups is 2. The molecule has 0 aromatic carbocycles. The van der Waals surface area contributed by atoms with Crippen molar-refractivity contribution in [1.82, 2.24) is 25.4 Å². The average Bonchev–Trinajstić information content (AvgIpc) is 3.44. The maximum atomic E-state index is 12.1. The van der Waals surface area contributed by atoms with E-state index in [0.29, 0.717) is 31.3 Å². The topological polar surface area (TPSA) is 88.9 Å². The third-order valence-corrected chi connectivity index (χ3v) is 4.84. The van der Waals surface area contributed by atoms with E-state index in [1.54, 1.807) is 0 Å². The molecule has 1 aromatic rings. The smallest absolute Gasteiger partial charge is 0.222 e. The average molecular weight is 317 g/mol. The van der Waals surface area contributed by atoms with E-state index in [1.165, 1.54) is 25.7 Å². The molecule has 1 unspecified atom stereocenters. The molecule has 3 aliphatic rings. The number of aromatic nitrogens is 3. The monoisotopic (exact) mass is 317 g/mol. The predicted octanol–water partition coefficient (Wildman–Crippen LogP) is 1.17. The summed E-state index contributed by atoms with van der Waals surface area (Å²) >= 11 is 0. The number of amides is 2. The van der Waals surface area contributed by atoms with Gasteiger partial charge in [0.25, 0.3) is 0 Å². The second kappa shape index (κ2) is 5.94. The van der Waals surface area contributed by atoms with Gasteiger partial charge in [0.05, 0.1) is 6.54 Å². The van der Waals surface area contributed by atoms with E-state index in [9.17, 15) is 9.59 Å². The molecular formula is C16H23N5O2. The van der Waals surface area contributed by atoms with Crippen LogP contribution in [0.3, 0.4) is 0 Å². The second-order valence-corrected chi connectivity index (χ2v) is 6.99. The van der Waals surface area contributed by atoms with Gasteiger partial charge in [-0.3, -0.25) is 9.59 Å². The summed E-state index contributed by atoms with van der Waals surface area (Å²) < 4.78 is 2.25. The molecule has 2 heterocycles. The molecule has 1 atom stereocenters. The zero-order valence-corrected chi connectivity index (χ0v) is 13.3. The van der Waals surface area contributed by atoms with Crippen LogP contribution >= 0.6 is 0 Å². The Morgan fingerprint density at radius 1 is 1.22 bits per heavy atom. The van der Waals surface area contributed by atoms with Crippen LogP contribution < -0.4 is 10.6 Å². The van der Waals surface area contributed by atoms with Crippen molar-refractivity contribution >= 4 is 11.8 Å². The summed E-state index contributed by atoms with van der Waals surface area (Å²) in [6.07, 6.45) is 7.45. The Bertz CT molecular complexity index is 618. The Hall–Kier alpha value is -1.92. The zero-order chi connectivity index (χ0) is 15.8. The van der Waals surface area contributed by atoms with Crippen molar-refractivity contribution in [3.63, 3.8) is 0 Å². The van der Waals surface area contributed by atoms with Crippen molar-refractivity contribution in [2.45, 2.75) is 75.9 Å². The molecule has 1 aromatic heterocycles. The van der Waals surface area contributed by atoms with Gasteiger partial charge >= 0.3 is 0 Å². The molecule has 124 valence electrons. The van der Waals surface area contributed by atoms with E-state index < -0.39 is 0 Å². The Morgan fingerprint density at radius 3 is 2.74 bits per heavy atom. The molecule has 2 aliphatic carbocycles. The molecule has 3 fully saturated rings. The first kappa shape index (κ1) is 14.7. The lowest BCUT2D eigenvalue weighted by Crippen LogP contribution is -2.42. The van der Waals surface area contributed by atoms with Gasteiger partial charge in [0.2, 0.25) is 11.8 Å². The van der Waals surface area contributed by atoms with Gasteiger partial charge in [-0.25, -0.2) is 0 Å². The van der Waals surface area contributed by atoms with E-state index in [1.807, 2.05) is 0 Å². The van der Waals surface area contributed by atoms with E-state index >= 15 is 0 Å². The van der Waals surface area contributed by atoms with Crippen LogP contribution in [0.5, 0.6) is 0 Å². The summed E-state index contributed by atoms with van der Waals surface area (Å²) in [5.74, 6) is 2.57. The maximum Gasteiger partial charge on any atom is 0.222 e. The van der Waals surface area contributed by atoms with Gasteiger partial charge in [-0.1, -0.05) is 0 Å². The number of rotatable bonds is 6. The fourth-order valence-corrected chi connectivity index (χ4v) is 3.32. The van der Waals surface area contributed by atoms with Gasteiger partial charge in [-0.2, -0.15) is 0 Å².